The molecule has 0 amide bonds. The van der Waals surface area contributed by atoms with Crippen LogP contribution in [-0.4, -0.2) is 9.13 Å². The molecule has 6 heteroatoms. The van der Waals surface area contributed by atoms with E-state index in [0.717, 1.165) is 49.9 Å². The van der Waals surface area contributed by atoms with Gasteiger partial charge in [-0.25, -0.2) is 0 Å². The summed E-state index contributed by atoms with van der Waals surface area (Å²) < 4.78 is 11.3. The summed E-state index contributed by atoms with van der Waals surface area (Å²) in [7, 11) is 0. The molecule has 0 spiro atoms. The van der Waals surface area contributed by atoms with Crippen molar-refractivity contribution < 1.29 is 4.42 Å². The van der Waals surface area contributed by atoms with Gasteiger partial charge < -0.3 is 13.6 Å². The Kier molecular flexibility index (Phi) is 7.25. The molecule has 0 radical (unpaired) electrons. The molecule has 1 aliphatic rings. The molecule has 8 aromatic carbocycles. The van der Waals surface area contributed by atoms with Crippen LogP contribution in [0.3, 0.4) is 0 Å². The predicted molar refractivity (Wildman–Crippen MR) is 233 cm³/mol. The summed E-state index contributed by atoms with van der Waals surface area (Å²) in [4.78, 5) is 0. The van der Waals surface area contributed by atoms with E-state index in [0.29, 0.717) is 0 Å². The van der Waals surface area contributed by atoms with E-state index in [-0.39, 0.29) is 18.5 Å². The van der Waals surface area contributed by atoms with Crippen LogP contribution in [-0.2, 0) is 0 Å². The molecule has 3 aromatic heterocycles. The monoisotopic (exact) mass is 735 g/mol. The third-order valence-corrected chi connectivity index (χ3v) is 11.8. The Labute approximate surface area is 328 Å². The average Bonchev–Trinajstić information content (AvgIpc) is 3.93. The normalized spacial score (nSPS) is 17.4. The van der Waals surface area contributed by atoms with Gasteiger partial charge in [-0.15, -0.1) is 0 Å². The summed E-state index contributed by atoms with van der Waals surface area (Å²) >= 11 is 0. The van der Waals surface area contributed by atoms with Crippen LogP contribution in [0.15, 0.2) is 192 Å². The third-order valence-electron chi connectivity index (χ3n) is 11.8. The second-order valence-corrected chi connectivity index (χ2v) is 15.1. The number of aromatic nitrogens is 2. The predicted octanol–water partition coefficient (Wildman–Crippen LogP) is 12.0. The quantitative estimate of drug-likeness (QED) is 0.165. The van der Waals surface area contributed by atoms with Crippen molar-refractivity contribution in [1.82, 2.24) is 25.1 Å². The molecule has 0 bridgehead atoms. The molecule has 0 aliphatic carbocycles. The number of fused-ring (bicyclic) bond motifs is 10. The molecular formula is C51H37N5O. The molecule has 272 valence electrons. The van der Waals surface area contributed by atoms with Crippen LogP contribution in [0.25, 0.3) is 76.9 Å². The highest BCUT2D eigenvalue weighted by Gasteiger charge is 2.30. The maximum absolute atomic E-state index is 6.52. The minimum Gasteiger partial charge on any atom is -0.456 e. The smallest absolute Gasteiger partial charge is 0.137 e. The summed E-state index contributed by atoms with van der Waals surface area (Å²) in [5, 5.41) is 18.6. The van der Waals surface area contributed by atoms with E-state index in [1.165, 1.54) is 43.7 Å². The highest BCUT2D eigenvalue weighted by molar-refractivity contribution is 6.30. The number of benzene rings is 8. The van der Waals surface area contributed by atoms with E-state index in [4.69, 9.17) is 4.42 Å². The summed E-state index contributed by atoms with van der Waals surface area (Å²) in [6.45, 7) is 0. The van der Waals surface area contributed by atoms with E-state index in [1.807, 2.05) is 6.07 Å². The second kappa shape index (κ2) is 12.8. The number of rotatable bonds is 5. The summed E-state index contributed by atoms with van der Waals surface area (Å²) in [6, 6.07) is 67.3. The molecule has 2 unspecified atom stereocenters. The number of hydrogen-bond donors (Lipinski definition) is 3. The number of hydrogen-bond acceptors (Lipinski definition) is 4. The summed E-state index contributed by atoms with van der Waals surface area (Å²) in [6.07, 6.45) is -0.162. The standard InChI is InChI=1S/C51H37N5O/c1-4-14-32(15-5-1)49-52-50(33-16-6-2-7-17-33)54-51(53-49)34-24-26-36(27-25-34)56-43-29-28-42-47(38-21-10-12-22-41(38)55(42)35-18-8-3-9-19-35)48(43)40-30-39-37-20-11-13-23-45(37)57-46(39)31-44(40)56/h1-31,49-54H. The van der Waals surface area contributed by atoms with Gasteiger partial charge in [0.1, 0.15) is 11.2 Å². The molecule has 1 saturated heterocycles. The molecule has 11 aromatic rings. The minimum atomic E-state index is -0.0900. The highest BCUT2D eigenvalue weighted by Crippen LogP contribution is 2.44. The van der Waals surface area contributed by atoms with Crippen LogP contribution in [0.2, 0.25) is 0 Å². The fourth-order valence-electron chi connectivity index (χ4n) is 9.25. The van der Waals surface area contributed by atoms with Crippen LogP contribution >= 0.6 is 0 Å². The number of nitrogens with one attached hydrogen (secondary N) is 3. The molecule has 3 N–H and O–H groups in total. The van der Waals surface area contributed by atoms with Crippen molar-refractivity contribution in [2.24, 2.45) is 0 Å². The van der Waals surface area contributed by atoms with E-state index in [2.05, 4.69) is 207 Å². The van der Waals surface area contributed by atoms with E-state index < -0.39 is 0 Å². The van der Waals surface area contributed by atoms with E-state index >= 15 is 0 Å². The van der Waals surface area contributed by atoms with Crippen molar-refractivity contribution in [3.8, 4) is 11.4 Å². The lowest BCUT2D eigenvalue weighted by Crippen LogP contribution is -2.54. The first-order valence-electron chi connectivity index (χ1n) is 19.6. The summed E-state index contributed by atoms with van der Waals surface area (Å²) in [5.74, 6) is 0. The van der Waals surface area contributed by atoms with Gasteiger partial charge in [-0.2, -0.15) is 0 Å². The van der Waals surface area contributed by atoms with Gasteiger partial charge in [0.05, 0.1) is 40.6 Å². The lowest BCUT2D eigenvalue weighted by atomic mass is 10.0. The Morgan fingerprint density at radius 1 is 0.333 bits per heavy atom. The molecule has 1 aliphatic heterocycles. The first kappa shape index (κ1) is 32.3. The maximum atomic E-state index is 6.52. The number of para-hydroxylation sites is 3. The molecule has 6 nitrogen and oxygen atoms in total. The SMILES string of the molecule is c1ccc(C2NC(c3ccccc3)NC(c3ccc(-n4c5cc6oc7ccccc7c6cc5c5c6c7ccccc7n(-c7ccccc7)c6ccc54)cc3)N2)cc1. The first-order valence-corrected chi connectivity index (χ1v) is 19.6. The van der Waals surface area contributed by atoms with Crippen molar-refractivity contribution in [1.29, 1.82) is 0 Å². The lowest BCUT2D eigenvalue weighted by Gasteiger charge is -2.39. The van der Waals surface area contributed by atoms with Crippen molar-refractivity contribution in [2.45, 2.75) is 18.5 Å². The Hall–Kier alpha value is -6.96. The van der Waals surface area contributed by atoms with Gasteiger partial charge in [-0.3, -0.25) is 16.0 Å². The lowest BCUT2D eigenvalue weighted by molar-refractivity contribution is 0.203. The van der Waals surface area contributed by atoms with Crippen LogP contribution < -0.4 is 16.0 Å². The largest absolute Gasteiger partial charge is 0.456 e. The van der Waals surface area contributed by atoms with Crippen LogP contribution in [0.1, 0.15) is 35.2 Å². The fraction of sp³-hybridized carbons (Fsp3) is 0.0588. The van der Waals surface area contributed by atoms with Crippen LogP contribution in [0.4, 0.5) is 0 Å². The zero-order valence-corrected chi connectivity index (χ0v) is 30.9. The van der Waals surface area contributed by atoms with Crippen molar-refractivity contribution in [3.63, 3.8) is 0 Å². The molecule has 0 saturated carbocycles. The number of furan rings is 1. The van der Waals surface area contributed by atoms with Crippen molar-refractivity contribution in [3.05, 3.63) is 205 Å². The Balaban J connectivity index is 1.06. The zero-order valence-electron chi connectivity index (χ0n) is 30.9. The van der Waals surface area contributed by atoms with Gasteiger partial charge in [0.15, 0.2) is 0 Å². The molecule has 2 atom stereocenters. The van der Waals surface area contributed by atoms with E-state index in [1.54, 1.807) is 0 Å². The van der Waals surface area contributed by atoms with Gasteiger partial charge in [0.2, 0.25) is 0 Å². The topological polar surface area (TPSA) is 59.1 Å². The maximum Gasteiger partial charge on any atom is 0.137 e. The summed E-state index contributed by atoms with van der Waals surface area (Å²) in [5.41, 5.74) is 12.2. The van der Waals surface area contributed by atoms with Crippen molar-refractivity contribution in [2.75, 3.05) is 0 Å². The van der Waals surface area contributed by atoms with Gasteiger partial charge in [0.25, 0.3) is 0 Å². The van der Waals surface area contributed by atoms with Crippen molar-refractivity contribution >= 4 is 65.6 Å². The van der Waals surface area contributed by atoms with Gasteiger partial charge in [-0.1, -0.05) is 127 Å². The Bertz CT molecular complexity index is 3230. The highest BCUT2D eigenvalue weighted by atomic mass is 16.3. The molecule has 12 rings (SSSR count). The Morgan fingerprint density at radius 2 is 0.825 bits per heavy atom. The fourth-order valence-corrected chi connectivity index (χ4v) is 9.25. The molecular weight excluding hydrogens is 699 g/mol. The van der Waals surface area contributed by atoms with Gasteiger partial charge in [0, 0.05) is 49.8 Å². The first-order chi connectivity index (χ1) is 28.3. The zero-order chi connectivity index (χ0) is 37.5. The van der Waals surface area contributed by atoms with E-state index in [9.17, 15) is 0 Å². The van der Waals surface area contributed by atoms with Gasteiger partial charge in [-0.05, 0) is 71.3 Å². The molecule has 1 fully saturated rings. The van der Waals surface area contributed by atoms with Crippen LogP contribution in [0, 0.1) is 0 Å². The second-order valence-electron chi connectivity index (χ2n) is 15.1. The molecule has 4 heterocycles. The average molecular weight is 736 g/mol. The van der Waals surface area contributed by atoms with Gasteiger partial charge >= 0.3 is 0 Å². The van der Waals surface area contributed by atoms with Crippen LogP contribution in [0.5, 0.6) is 0 Å². The Morgan fingerprint density at radius 3 is 1.47 bits per heavy atom. The minimum absolute atomic E-state index is 0.0358. The number of nitrogens with zero attached hydrogens (tertiary/aromatic N) is 2. The molecule has 57 heavy (non-hydrogen) atoms. The third kappa shape index (κ3) is 5.09.